The molecule has 128 valence electrons. The zero-order chi connectivity index (χ0) is 16.5. The maximum atomic E-state index is 5.51. The van der Waals surface area contributed by atoms with Crippen LogP contribution >= 0.6 is 0 Å². The Kier molecular flexibility index (Phi) is 4.16. The Morgan fingerprint density at radius 2 is 2.08 bits per heavy atom. The molecule has 0 amide bonds. The highest BCUT2D eigenvalue weighted by Crippen LogP contribution is 2.33. The molecule has 24 heavy (non-hydrogen) atoms. The minimum absolute atomic E-state index is 0.324. The van der Waals surface area contributed by atoms with Crippen LogP contribution in [-0.4, -0.2) is 53.3 Å². The summed E-state index contributed by atoms with van der Waals surface area (Å²) in [5.74, 6) is 3.44. The molecule has 4 rings (SSSR count). The fourth-order valence-electron chi connectivity index (χ4n) is 3.67. The van der Waals surface area contributed by atoms with E-state index in [-0.39, 0.29) is 0 Å². The molecule has 0 radical (unpaired) electrons. The highest BCUT2D eigenvalue weighted by Gasteiger charge is 2.23. The van der Waals surface area contributed by atoms with Crippen LogP contribution in [0.15, 0.2) is 30.6 Å². The molecule has 0 bridgehead atoms. The molecule has 1 atom stereocenters. The van der Waals surface area contributed by atoms with Crippen molar-refractivity contribution < 1.29 is 9.47 Å². The standard InChI is InChI=1S/C18H24N4O2/c1-20(2)8-15-10-21(12-18-19-5-6-22(18)11-15)9-14-3-4-16-17(7-14)24-13-23-16/h3-7,15H,8-13H2,1-2H3/t15-/m1/s1. The van der Waals surface area contributed by atoms with Crippen molar-refractivity contribution in [2.75, 3.05) is 34.0 Å². The minimum atomic E-state index is 0.324. The zero-order valence-corrected chi connectivity index (χ0v) is 14.3. The van der Waals surface area contributed by atoms with Gasteiger partial charge in [-0.15, -0.1) is 0 Å². The first-order chi connectivity index (χ1) is 11.7. The van der Waals surface area contributed by atoms with Gasteiger partial charge in [0.05, 0.1) is 6.54 Å². The van der Waals surface area contributed by atoms with Gasteiger partial charge in [-0.05, 0) is 31.8 Å². The van der Waals surface area contributed by atoms with Crippen molar-refractivity contribution in [1.29, 1.82) is 0 Å². The van der Waals surface area contributed by atoms with Gasteiger partial charge in [-0.25, -0.2) is 4.98 Å². The molecule has 0 unspecified atom stereocenters. The number of rotatable bonds is 4. The number of nitrogens with zero attached hydrogens (tertiary/aromatic N) is 4. The number of hydrogen-bond acceptors (Lipinski definition) is 5. The normalized spacial score (nSPS) is 20.2. The van der Waals surface area contributed by atoms with E-state index in [9.17, 15) is 0 Å². The number of benzene rings is 1. The molecule has 6 heteroatoms. The molecular weight excluding hydrogens is 304 g/mol. The van der Waals surface area contributed by atoms with Crippen LogP contribution in [0, 0.1) is 5.92 Å². The largest absolute Gasteiger partial charge is 0.454 e. The lowest BCUT2D eigenvalue weighted by molar-refractivity contribution is 0.173. The quantitative estimate of drug-likeness (QED) is 0.856. The first-order valence-corrected chi connectivity index (χ1v) is 8.43. The van der Waals surface area contributed by atoms with Gasteiger partial charge >= 0.3 is 0 Å². The lowest BCUT2D eigenvalue weighted by Gasteiger charge is -2.25. The Bertz CT molecular complexity index is 713. The summed E-state index contributed by atoms with van der Waals surface area (Å²) in [4.78, 5) is 9.30. The number of ether oxygens (including phenoxy) is 2. The van der Waals surface area contributed by atoms with E-state index in [0.717, 1.165) is 50.0 Å². The van der Waals surface area contributed by atoms with Crippen molar-refractivity contribution in [3.63, 3.8) is 0 Å². The number of fused-ring (bicyclic) bond motifs is 2. The van der Waals surface area contributed by atoms with E-state index in [4.69, 9.17) is 9.47 Å². The van der Waals surface area contributed by atoms with Gasteiger partial charge in [0, 0.05) is 44.5 Å². The predicted octanol–water partition coefficient (Wildman–Crippen LogP) is 1.81. The van der Waals surface area contributed by atoms with E-state index < -0.39 is 0 Å². The van der Waals surface area contributed by atoms with Gasteiger partial charge in [0.1, 0.15) is 5.82 Å². The van der Waals surface area contributed by atoms with E-state index >= 15 is 0 Å². The Balaban J connectivity index is 1.53. The van der Waals surface area contributed by atoms with Crippen molar-refractivity contribution >= 4 is 0 Å². The monoisotopic (exact) mass is 328 g/mol. The van der Waals surface area contributed by atoms with Crippen LogP contribution in [-0.2, 0) is 19.6 Å². The minimum Gasteiger partial charge on any atom is -0.454 e. The lowest BCUT2D eigenvalue weighted by Crippen LogP contribution is -2.33. The van der Waals surface area contributed by atoms with Crippen LogP contribution in [0.5, 0.6) is 11.5 Å². The smallest absolute Gasteiger partial charge is 0.231 e. The summed E-state index contributed by atoms with van der Waals surface area (Å²) in [5, 5.41) is 0. The second-order valence-corrected chi connectivity index (χ2v) is 6.98. The SMILES string of the molecule is CN(C)C[C@@H]1CN(Cc2ccc3c(c2)OCO3)Cc2nccn2C1. The first kappa shape index (κ1) is 15.5. The van der Waals surface area contributed by atoms with Crippen LogP contribution in [0.4, 0.5) is 0 Å². The van der Waals surface area contributed by atoms with Gasteiger partial charge in [0.2, 0.25) is 6.79 Å². The Labute approximate surface area is 142 Å². The van der Waals surface area contributed by atoms with Crippen LogP contribution in [0.2, 0.25) is 0 Å². The molecule has 2 aromatic rings. The molecule has 6 nitrogen and oxygen atoms in total. The third-order valence-corrected chi connectivity index (χ3v) is 4.60. The maximum absolute atomic E-state index is 5.51. The van der Waals surface area contributed by atoms with Gasteiger partial charge in [-0.2, -0.15) is 0 Å². The van der Waals surface area contributed by atoms with E-state index in [1.165, 1.54) is 5.56 Å². The van der Waals surface area contributed by atoms with Crippen molar-refractivity contribution in [3.8, 4) is 11.5 Å². The third kappa shape index (κ3) is 3.25. The van der Waals surface area contributed by atoms with Crippen molar-refractivity contribution in [1.82, 2.24) is 19.4 Å². The summed E-state index contributed by atoms with van der Waals surface area (Å²) in [6, 6.07) is 6.24. The molecule has 0 fully saturated rings. The molecular formula is C18H24N4O2. The topological polar surface area (TPSA) is 42.8 Å². The second-order valence-electron chi connectivity index (χ2n) is 6.98. The predicted molar refractivity (Wildman–Crippen MR) is 91.0 cm³/mol. The summed E-state index contributed by atoms with van der Waals surface area (Å²) in [5.41, 5.74) is 1.25. The Hall–Kier alpha value is -2.05. The van der Waals surface area contributed by atoms with Gasteiger partial charge < -0.3 is 18.9 Å². The third-order valence-electron chi connectivity index (χ3n) is 4.60. The van der Waals surface area contributed by atoms with E-state index in [1.807, 2.05) is 12.3 Å². The highest BCUT2D eigenvalue weighted by atomic mass is 16.7. The summed E-state index contributed by atoms with van der Waals surface area (Å²) < 4.78 is 13.2. The maximum Gasteiger partial charge on any atom is 0.231 e. The van der Waals surface area contributed by atoms with E-state index in [0.29, 0.717) is 12.7 Å². The Morgan fingerprint density at radius 1 is 1.21 bits per heavy atom. The van der Waals surface area contributed by atoms with Gasteiger partial charge in [0.25, 0.3) is 0 Å². The molecule has 0 saturated heterocycles. The average Bonchev–Trinajstić information content (AvgIpc) is 3.13. The molecule has 3 heterocycles. The van der Waals surface area contributed by atoms with Gasteiger partial charge in [-0.3, -0.25) is 4.90 Å². The number of imidazole rings is 1. The molecule has 0 spiro atoms. The highest BCUT2D eigenvalue weighted by molar-refractivity contribution is 5.44. The molecule has 1 aromatic heterocycles. The zero-order valence-electron chi connectivity index (χ0n) is 14.3. The summed E-state index contributed by atoms with van der Waals surface area (Å²) in [6.45, 7) is 5.28. The number of aromatic nitrogens is 2. The van der Waals surface area contributed by atoms with Crippen LogP contribution in [0.3, 0.4) is 0 Å². The number of hydrogen-bond donors (Lipinski definition) is 0. The van der Waals surface area contributed by atoms with Crippen LogP contribution in [0.25, 0.3) is 0 Å². The van der Waals surface area contributed by atoms with Crippen LogP contribution < -0.4 is 9.47 Å². The van der Waals surface area contributed by atoms with Crippen molar-refractivity contribution in [2.45, 2.75) is 19.6 Å². The van der Waals surface area contributed by atoms with E-state index in [2.05, 4.69) is 51.8 Å². The van der Waals surface area contributed by atoms with Crippen molar-refractivity contribution in [2.24, 2.45) is 5.92 Å². The Morgan fingerprint density at radius 3 is 2.96 bits per heavy atom. The molecule has 0 aliphatic carbocycles. The fraction of sp³-hybridized carbons (Fsp3) is 0.500. The molecule has 0 saturated carbocycles. The van der Waals surface area contributed by atoms with Gasteiger partial charge in [0.15, 0.2) is 11.5 Å². The van der Waals surface area contributed by atoms with Gasteiger partial charge in [-0.1, -0.05) is 6.07 Å². The first-order valence-electron chi connectivity index (χ1n) is 8.43. The molecule has 0 N–H and O–H groups in total. The second kappa shape index (κ2) is 6.45. The van der Waals surface area contributed by atoms with E-state index in [1.54, 1.807) is 0 Å². The average molecular weight is 328 g/mol. The summed E-state index contributed by atoms with van der Waals surface area (Å²) in [7, 11) is 4.28. The summed E-state index contributed by atoms with van der Waals surface area (Å²) >= 11 is 0. The molecule has 2 aliphatic rings. The molecule has 2 aliphatic heterocycles. The summed E-state index contributed by atoms with van der Waals surface area (Å²) in [6.07, 6.45) is 4.01. The molecule has 1 aromatic carbocycles. The lowest BCUT2D eigenvalue weighted by atomic mass is 10.1. The van der Waals surface area contributed by atoms with Crippen molar-refractivity contribution in [3.05, 3.63) is 42.0 Å². The van der Waals surface area contributed by atoms with Crippen LogP contribution in [0.1, 0.15) is 11.4 Å². The fourth-order valence-corrected chi connectivity index (χ4v) is 3.67.